The van der Waals surface area contributed by atoms with Gasteiger partial charge in [-0.2, -0.15) is 4.98 Å². The average Bonchev–Trinajstić information content (AvgIpc) is 3.49. The molecular formula is C27H31N5O3S. The minimum Gasteiger partial charge on any atom is -0.447 e. The molecule has 1 amide bonds. The number of hydrogen-bond donors (Lipinski definition) is 2. The molecule has 9 heteroatoms. The van der Waals surface area contributed by atoms with E-state index >= 15 is 0 Å². The Morgan fingerprint density at radius 2 is 2.06 bits per heavy atom. The number of hydrogen-bond acceptors (Lipinski definition) is 7. The Labute approximate surface area is 213 Å². The Morgan fingerprint density at radius 3 is 2.75 bits per heavy atom. The molecule has 3 atom stereocenters. The van der Waals surface area contributed by atoms with E-state index in [0.717, 1.165) is 44.5 Å². The third-order valence-corrected chi connectivity index (χ3v) is 10.2. The van der Waals surface area contributed by atoms with Gasteiger partial charge in [-0.05, 0) is 72.6 Å². The molecule has 3 aliphatic carbocycles. The van der Waals surface area contributed by atoms with E-state index in [1.165, 1.54) is 35.1 Å². The number of rotatable bonds is 6. The van der Waals surface area contributed by atoms with Crippen molar-refractivity contribution in [1.29, 1.82) is 0 Å². The third-order valence-electron chi connectivity index (χ3n) is 8.77. The summed E-state index contributed by atoms with van der Waals surface area (Å²) in [6.45, 7) is 2.01. The number of benzene rings is 1. The van der Waals surface area contributed by atoms with Crippen LogP contribution >= 0.6 is 0 Å². The molecule has 3 N–H and O–H groups in total. The lowest BCUT2D eigenvalue weighted by Gasteiger charge is -2.42. The molecule has 1 aromatic heterocycles. The molecule has 188 valence electrons. The van der Waals surface area contributed by atoms with Crippen molar-refractivity contribution < 1.29 is 13.7 Å². The number of ether oxygens (including phenoxy) is 1. The van der Waals surface area contributed by atoms with Gasteiger partial charge in [0.15, 0.2) is 0 Å². The molecule has 0 bridgehead atoms. The van der Waals surface area contributed by atoms with E-state index in [2.05, 4.69) is 34.5 Å². The Balaban J connectivity index is 1.13. The quantitative estimate of drug-likeness (QED) is 0.620. The van der Waals surface area contributed by atoms with Crippen molar-refractivity contribution in [2.45, 2.75) is 55.4 Å². The molecule has 0 spiro atoms. The second-order valence-corrected chi connectivity index (χ2v) is 12.5. The number of aryl methyl sites for hydroxylation is 3. The first kappa shape index (κ1) is 22.3. The van der Waals surface area contributed by atoms with Crippen molar-refractivity contribution in [1.82, 2.24) is 9.97 Å². The molecule has 1 aromatic carbocycles. The average molecular weight is 506 g/mol. The van der Waals surface area contributed by atoms with E-state index in [4.69, 9.17) is 20.4 Å². The monoisotopic (exact) mass is 505 g/mol. The van der Waals surface area contributed by atoms with Crippen LogP contribution in [0, 0.1) is 11.8 Å². The predicted octanol–water partition coefficient (Wildman–Crippen LogP) is 3.21. The van der Waals surface area contributed by atoms with Gasteiger partial charge in [-0.3, -0.25) is 4.21 Å². The van der Waals surface area contributed by atoms with Crippen molar-refractivity contribution in [3.05, 3.63) is 46.7 Å². The van der Waals surface area contributed by atoms with E-state index < -0.39 is 22.4 Å². The van der Waals surface area contributed by atoms with Gasteiger partial charge in [0.1, 0.15) is 17.3 Å². The highest BCUT2D eigenvalue weighted by Gasteiger charge is 2.42. The van der Waals surface area contributed by atoms with Crippen LogP contribution in [0.25, 0.3) is 5.57 Å². The fraction of sp³-hybridized carbons (Fsp3) is 0.519. The fourth-order valence-corrected chi connectivity index (χ4v) is 7.77. The Morgan fingerprint density at radius 1 is 1.19 bits per heavy atom. The molecule has 36 heavy (non-hydrogen) atoms. The Hall–Kier alpha value is -2.94. The van der Waals surface area contributed by atoms with Crippen LogP contribution in [0.4, 0.5) is 16.6 Å². The zero-order valence-corrected chi connectivity index (χ0v) is 21.1. The van der Waals surface area contributed by atoms with E-state index in [0.29, 0.717) is 40.7 Å². The molecule has 7 rings (SSSR count). The number of allylic oxidation sites excluding steroid dienone is 1. The molecule has 3 heterocycles. The number of amides is 1. The minimum atomic E-state index is -1.12. The van der Waals surface area contributed by atoms with Gasteiger partial charge >= 0.3 is 6.09 Å². The summed E-state index contributed by atoms with van der Waals surface area (Å²) in [7, 11) is -1.12. The summed E-state index contributed by atoms with van der Waals surface area (Å²) >= 11 is 0. The maximum Gasteiger partial charge on any atom is 0.404 e. The topological polar surface area (TPSA) is 110 Å². The van der Waals surface area contributed by atoms with E-state index in [1.54, 1.807) is 0 Å². The summed E-state index contributed by atoms with van der Waals surface area (Å²) in [4.78, 5) is 24.0. The first-order chi connectivity index (χ1) is 17.5. The smallest absolute Gasteiger partial charge is 0.404 e. The second kappa shape index (κ2) is 8.30. The number of primary amides is 1. The van der Waals surface area contributed by atoms with Gasteiger partial charge in [0.2, 0.25) is 5.95 Å². The van der Waals surface area contributed by atoms with Gasteiger partial charge in [-0.15, -0.1) is 0 Å². The summed E-state index contributed by atoms with van der Waals surface area (Å²) in [6, 6.07) is 6.99. The SMILES string of the molecule is NC(=O)OCC1(Nc2nc(N3C[C@H]4CC(c5ccc6c(c5)CC6)=C[C@H]4C3)nc3c2[S@](=O)CC3)CCC1. The van der Waals surface area contributed by atoms with Crippen molar-refractivity contribution in [2.24, 2.45) is 17.6 Å². The maximum absolute atomic E-state index is 12.8. The van der Waals surface area contributed by atoms with Crippen LogP contribution in [0.5, 0.6) is 0 Å². The van der Waals surface area contributed by atoms with Gasteiger partial charge in [0, 0.05) is 25.3 Å². The number of fused-ring (bicyclic) bond motifs is 3. The van der Waals surface area contributed by atoms with Crippen molar-refractivity contribution >= 4 is 34.2 Å². The standard InChI is InChI=1S/C27H31N5O3S/c28-25(33)35-15-27(7-1-8-27)31-24-23-22(6-9-36(23)34)29-26(30-24)32-13-20-11-19(12-21(20)14-32)18-5-3-16-2-4-17(16)10-18/h3,5,10-11,20-21H,1-2,4,6-9,12-15H2,(H2,28,33)(H,29,30,31)/t20-,21+,36+/m0/s1. The van der Waals surface area contributed by atoms with E-state index in [1.807, 2.05) is 0 Å². The molecule has 2 aliphatic heterocycles. The highest BCUT2D eigenvalue weighted by Crippen LogP contribution is 2.44. The molecule has 5 aliphatic rings. The number of aromatic nitrogens is 2. The number of anilines is 2. The molecule has 1 saturated heterocycles. The molecule has 1 saturated carbocycles. The summed E-state index contributed by atoms with van der Waals surface area (Å²) in [5, 5.41) is 3.52. The number of carbonyl (C=O) groups excluding carboxylic acids is 1. The lowest BCUT2D eigenvalue weighted by atomic mass is 9.77. The highest BCUT2D eigenvalue weighted by atomic mass is 32.2. The van der Waals surface area contributed by atoms with E-state index in [-0.39, 0.29) is 6.61 Å². The summed E-state index contributed by atoms with van der Waals surface area (Å²) in [6.07, 6.45) is 8.65. The predicted molar refractivity (Wildman–Crippen MR) is 138 cm³/mol. The van der Waals surface area contributed by atoms with Crippen LogP contribution in [0.2, 0.25) is 0 Å². The van der Waals surface area contributed by atoms with E-state index in [9.17, 15) is 9.00 Å². The van der Waals surface area contributed by atoms with Gasteiger partial charge in [-0.1, -0.05) is 24.3 Å². The van der Waals surface area contributed by atoms with Crippen LogP contribution in [-0.2, 0) is 34.8 Å². The van der Waals surface area contributed by atoms with Crippen LogP contribution in [-0.4, -0.2) is 51.3 Å². The van der Waals surface area contributed by atoms with Crippen LogP contribution in [0.15, 0.2) is 29.2 Å². The number of carbonyl (C=O) groups is 1. The van der Waals surface area contributed by atoms with Crippen LogP contribution in [0.1, 0.15) is 48.1 Å². The highest BCUT2D eigenvalue weighted by molar-refractivity contribution is 7.85. The van der Waals surface area contributed by atoms with Crippen LogP contribution < -0.4 is 16.0 Å². The number of nitrogens with two attached hydrogens (primary N) is 1. The molecule has 8 nitrogen and oxygen atoms in total. The number of nitrogens with zero attached hydrogens (tertiary/aromatic N) is 3. The van der Waals surface area contributed by atoms with Gasteiger partial charge in [-0.25, -0.2) is 9.78 Å². The summed E-state index contributed by atoms with van der Waals surface area (Å²) < 4.78 is 18.0. The minimum absolute atomic E-state index is 0.188. The number of nitrogens with one attached hydrogen (secondary N) is 1. The first-order valence-electron chi connectivity index (χ1n) is 13.0. The first-order valence-corrected chi connectivity index (χ1v) is 14.4. The fourth-order valence-electron chi connectivity index (χ4n) is 6.46. The largest absolute Gasteiger partial charge is 0.447 e. The van der Waals surface area contributed by atoms with Gasteiger partial charge in [0.05, 0.1) is 22.0 Å². The summed E-state index contributed by atoms with van der Waals surface area (Å²) in [5.74, 6) is 2.98. The molecule has 0 radical (unpaired) electrons. The van der Waals surface area contributed by atoms with Crippen molar-refractivity contribution in [3.8, 4) is 0 Å². The zero-order chi connectivity index (χ0) is 24.4. The van der Waals surface area contributed by atoms with Crippen molar-refractivity contribution in [3.63, 3.8) is 0 Å². The van der Waals surface area contributed by atoms with Crippen molar-refractivity contribution in [2.75, 3.05) is 35.7 Å². The van der Waals surface area contributed by atoms with Crippen LogP contribution in [0.3, 0.4) is 0 Å². The molecule has 2 fully saturated rings. The zero-order valence-electron chi connectivity index (χ0n) is 20.3. The lowest BCUT2D eigenvalue weighted by Crippen LogP contribution is -2.50. The van der Waals surface area contributed by atoms with Gasteiger partial charge in [0.25, 0.3) is 0 Å². The third kappa shape index (κ3) is 3.70. The van der Waals surface area contributed by atoms with Gasteiger partial charge < -0.3 is 20.7 Å². The molecule has 2 aromatic rings. The normalized spacial score (nSPS) is 26.8. The molecular weight excluding hydrogens is 474 g/mol. The Kier molecular flexibility index (Phi) is 5.13. The lowest BCUT2D eigenvalue weighted by molar-refractivity contribution is 0.101. The second-order valence-electron chi connectivity index (χ2n) is 11.0. The molecule has 0 unspecified atom stereocenters. The summed E-state index contributed by atoms with van der Waals surface area (Å²) in [5.41, 5.74) is 11.6. The maximum atomic E-state index is 12.8. The Bertz CT molecular complexity index is 1320.